The third-order valence-electron chi connectivity index (χ3n) is 3.76. The van der Waals surface area contributed by atoms with Crippen molar-refractivity contribution in [3.05, 3.63) is 54.1 Å². The van der Waals surface area contributed by atoms with E-state index in [1.54, 1.807) is 12.1 Å². The first-order valence-corrected chi connectivity index (χ1v) is 9.76. The molecule has 0 saturated heterocycles. The SMILES string of the molecule is Cc1ccccc1Oc1ccc(S(=O)(=O)N[C@@H](CC(C)C)C(=O)O)cc1. The van der Waals surface area contributed by atoms with Crippen molar-refractivity contribution in [1.29, 1.82) is 0 Å². The summed E-state index contributed by atoms with van der Waals surface area (Å²) in [4.78, 5) is 11.3. The number of ether oxygens (including phenoxy) is 1. The van der Waals surface area contributed by atoms with E-state index in [-0.39, 0.29) is 17.2 Å². The molecule has 0 saturated carbocycles. The van der Waals surface area contributed by atoms with Gasteiger partial charge in [0.1, 0.15) is 17.5 Å². The maximum absolute atomic E-state index is 12.4. The summed E-state index contributed by atoms with van der Waals surface area (Å²) in [6.45, 7) is 5.59. The highest BCUT2D eigenvalue weighted by atomic mass is 32.2. The number of aliphatic carboxylic acids is 1. The van der Waals surface area contributed by atoms with Gasteiger partial charge in [-0.25, -0.2) is 8.42 Å². The maximum atomic E-state index is 12.4. The molecule has 0 spiro atoms. The van der Waals surface area contributed by atoms with Gasteiger partial charge in [-0.15, -0.1) is 0 Å². The number of carbonyl (C=O) groups is 1. The van der Waals surface area contributed by atoms with Gasteiger partial charge in [0.15, 0.2) is 0 Å². The molecular weight excluding hydrogens is 354 g/mol. The minimum absolute atomic E-state index is 0.00959. The van der Waals surface area contributed by atoms with E-state index in [0.29, 0.717) is 11.5 Å². The van der Waals surface area contributed by atoms with Crippen molar-refractivity contribution in [2.75, 3.05) is 0 Å². The number of nitrogens with one attached hydrogen (secondary N) is 1. The summed E-state index contributed by atoms with van der Waals surface area (Å²) in [5, 5.41) is 9.22. The molecule has 2 N–H and O–H groups in total. The number of carboxylic acid groups (broad SMARTS) is 1. The Morgan fingerprint density at radius 2 is 1.73 bits per heavy atom. The molecule has 0 aliphatic rings. The minimum Gasteiger partial charge on any atom is -0.480 e. The van der Waals surface area contributed by atoms with E-state index in [0.717, 1.165) is 5.56 Å². The van der Waals surface area contributed by atoms with Crippen molar-refractivity contribution < 1.29 is 23.1 Å². The van der Waals surface area contributed by atoms with Crippen LogP contribution in [0.15, 0.2) is 53.4 Å². The Balaban J connectivity index is 2.15. The number of carboxylic acids is 1. The molecule has 0 fully saturated rings. The van der Waals surface area contributed by atoms with Crippen molar-refractivity contribution in [2.45, 2.75) is 38.1 Å². The quantitative estimate of drug-likeness (QED) is 0.734. The molecule has 0 bridgehead atoms. The summed E-state index contributed by atoms with van der Waals surface area (Å²) >= 11 is 0. The Kier molecular flexibility index (Phi) is 6.39. The molecule has 6 nitrogen and oxygen atoms in total. The fourth-order valence-corrected chi connectivity index (χ4v) is 3.61. The number of benzene rings is 2. The van der Waals surface area contributed by atoms with Crippen LogP contribution in [0.3, 0.4) is 0 Å². The maximum Gasteiger partial charge on any atom is 0.321 e. The van der Waals surface area contributed by atoms with Crippen molar-refractivity contribution in [3.8, 4) is 11.5 Å². The first-order chi connectivity index (χ1) is 12.2. The van der Waals surface area contributed by atoms with Crippen LogP contribution in [-0.2, 0) is 14.8 Å². The Morgan fingerprint density at radius 3 is 2.27 bits per heavy atom. The van der Waals surface area contributed by atoms with Gasteiger partial charge in [0.2, 0.25) is 10.0 Å². The molecule has 0 aliphatic heterocycles. The molecule has 7 heteroatoms. The van der Waals surface area contributed by atoms with E-state index < -0.39 is 22.0 Å². The molecule has 2 aromatic rings. The molecule has 140 valence electrons. The summed E-state index contributed by atoms with van der Waals surface area (Å²) < 4.78 is 32.9. The second kappa shape index (κ2) is 8.33. The van der Waals surface area contributed by atoms with Crippen LogP contribution in [-0.4, -0.2) is 25.5 Å². The van der Waals surface area contributed by atoms with Crippen molar-refractivity contribution in [1.82, 2.24) is 4.72 Å². The van der Waals surface area contributed by atoms with Crippen molar-refractivity contribution in [3.63, 3.8) is 0 Å². The van der Waals surface area contributed by atoms with Crippen molar-refractivity contribution >= 4 is 16.0 Å². The van der Waals surface area contributed by atoms with E-state index in [4.69, 9.17) is 4.74 Å². The smallest absolute Gasteiger partial charge is 0.321 e. The van der Waals surface area contributed by atoms with Crippen LogP contribution < -0.4 is 9.46 Å². The molecule has 26 heavy (non-hydrogen) atoms. The van der Waals surface area contributed by atoms with Gasteiger partial charge in [-0.05, 0) is 55.2 Å². The summed E-state index contributed by atoms with van der Waals surface area (Å²) in [6.07, 6.45) is 0.211. The van der Waals surface area contributed by atoms with Crippen molar-refractivity contribution in [2.24, 2.45) is 5.92 Å². The topological polar surface area (TPSA) is 92.7 Å². The lowest BCUT2D eigenvalue weighted by atomic mass is 10.1. The number of sulfonamides is 1. The predicted octanol–water partition coefficient (Wildman–Crippen LogP) is 3.56. The van der Waals surface area contributed by atoms with Gasteiger partial charge in [-0.3, -0.25) is 4.79 Å². The first-order valence-electron chi connectivity index (χ1n) is 8.27. The standard InChI is InChI=1S/C19H23NO5S/c1-13(2)12-17(19(21)22)20-26(23,24)16-10-8-15(9-11-16)25-18-7-5-4-6-14(18)3/h4-11,13,17,20H,12H2,1-3H3,(H,21,22)/t17-/m0/s1. The molecule has 2 rings (SSSR count). The lowest BCUT2D eigenvalue weighted by molar-refractivity contribution is -0.139. The molecule has 1 atom stereocenters. The highest BCUT2D eigenvalue weighted by Crippen LogP contribution is 2.25. The average Bonchev–Trinajstić information content (AvgIpc) is 2.56. The molecule has 0 radical (unpaired) electrons. The molecular formula is C19H23NO5S. The zero-order valence-electron chi connectivity index (χ0n) is 15.0. The zero-order chi connectivity index (χ0) is 19.3. The third kappa shape index (κ3) is 5.31. The van der Waals surface area contributed by atoms with Crippen LogP contribution in [0.2, 0.25) is 0 Å². The molecule has 0 unspecified atom stereocenters. The fourth-order valence-electron chi connectivity index (χ4n) is 2.41. The monoisotopic (exact) mass is 377 g/mol. The second-order valence-electron chi connectivity index (χ2n) is 6.48. The number of rotatable bonds is 8. The van der Waals surface area contributed by atoms with Crippen LogP contribution in [0.1, 0.15) is 25.8 Å². The number of hydrogen-bond acceptors (Lipinski definition) is 4. The predicted molar refractivity (Wildman–Crippen MR) is 98.9 cm³/mol. The molecule has 0 aromatic heterocycles. The Labute approximate surface area is 153 Å². The number of aryl methyl sites for hydroxylation is 1. The Bertz CT molecular complexity index is 860. The van der Waals surface area contributed by atoms with Gasteiger partial charge in [-0.2, -0.15) is 4.72 Å². The number of hydrogen-bond donors (Lipinski definition) is 2. The van der Waals surface area contributed by atoms with E-state index in [9.17, 15) is 18.3 Å². The summed E-state index contributed by atoms with van der Waals surface area (Å²) in [6, 6.07) is 12.2. The molecule has 0 aliphatic carbocycles. The summed E-state index contributed by atoms with van der Waals surface area (Å²) in [5.74, 6) is 0.0322. The second-order valence-corrected chi connectivity index (χ2v) is 8.19. The molecule has 0 heterocycles. The lowest BCUT2D eigenvalue weighted by Crippen LogP contribution is -2.41. The first kappa shape index (κ1) is 19.9. The largest absolute Gasteiger partial charge is 0.480 e. The van der Waals surface area contributed by atoms with Gasteiger partial charge in [-0.1, -0.05) is 32.0 Å². The van der Waals surface area contributed by atoms with Gasteiger partial charge in [0, 0.05) is 0 Å². The summed E-state index contributed by atoms with van der Waals surface area (Å²) in [5.41, 5.74) is 0.962. The van der Waals surface area contributed by atoms with Gasteiger partial charge in [0.05, 0.1) is 4.90 Å². The zero-order valence-corrected chi connectivity index (χ0v) is 15.8. The Morgan fingerprint density at radius 1 is 1.12 bits per heavy atom. The van der Waals surface area contributed by atoms with Crippen LogP contribution in [0.25, 0.3) is 0 Å². The van der Waals surface area contributed by atoms with Crippen LogP contribution >= 0.6 is 0 Å². The average molecular weight is 377 g/mol. The Hall–Kier alpha value is -2.38. The van der Waals surface area contributed by atoms with Crippen LogP contribution in [0.5, 0.6) is 11.5 Å². The van der Waals surface area contributed by atoms with Crippen LogP contribution in [0, 0.1) is 12.8 Å². The van der Waals surface area contributed by atoms with E-state index in [1.165, 1.54) is 12.1 Å². The fraction of sp³-hybridized carbons (Fsp3) is 0.316. The van der Waals surface area contributed by atoms with Gasteiger partial charge < -0.3 is 9.84 Å². The normalized spacial score (nSPS) is 12.8. The molecule has 2 aromatic carbocycles. The van der Waals surface area contributed by atoms with E-state index in [2.05, 4.69) is 4.72 Å². The number of para-hydroxylation sites is 1. The van der Waals surface area contributed by atoms with E-state index in [1.807, 2.05) is 45.0 Å². The van der Waals surface area contributed by atoms with Crippen LogP contribution in [0.4, 0.5) is 0 Å². The van der Waals surface area contributed by atoms with Gasteiger partial charge in [0.25, 0.3) is 0 Å². The molecule has 0 amide bonds. The van der Waals surface area contributed by atoms with E-state index >= 15 is 0 Å². The highest BCUT2D eigenvalue weighted by Gasteiger charge is 2.26. The summed E-state index contributed by atoms with van der Waals surface area (Å²) in [7, 11) is -3.93. The third-order valence-corrected chi connectivity index (χ3v) is 5.25. The minimum atomic E-state index is -3.93. The van der Waals surface area contributed by atoms with Gasteiger partial charge >= 0.3 is 5.97 Å². The lowest BCUT2D eigenvalue weighted by Gasteiger charge is -2.17. The highest BCUT2D eigenvalue weighted by molar-refractivity contribution is 7.89.